The van der Waals surface area contributed by atoms with Gasteiger partial charge in [-0.2, -0.15) is 5.26 Å². The maximum Gasteiger partial charge on any atom is 0.338 e. The van der Waals surface area contributed by atoms with Crippen LogP contribution in [0.1, 0.15) is 74.7 Å². The lowest BCUT2D eigenvalue weighted by atomic mass is 10.1. The number of amides is 1. The number of nitriles is 1. The van der Waals surface area contributed by atoms with Gasteiger partial charge in [0.2, 0.25) is 0 Å². The van der Waals surface area contributed by atoms with Crippen molar-refractivity contribution in [2.24, 2.45) is 0 Å². The molecule has 0 aliphatic carbocycles. The van der Waals surface area contributed by atoms with Crippen molar-refractivity contribution < 1.29 is 23.8 Å². The number of anilines is 1. The Morgan fingerprint density at radius 1 is 0.917 bits per heavy atom. The minimum atomic E-state index is -0.553. The molecule has 0 saturated heterocycles. The Labute approximate surface area is 214 Å². The van der Waals surface area contributed by atoms with E-state index in [1.54, 1.807) is 49.6 Å². The fourth-order valence-electron chi connectivity index (χ4n) is 3.41. The second-order valence-corrected chi connectivity index (χ2v) is 8.36. The van der Waals surface area contributed by atoms with Gasteiger partial charge in [-0.1, -0.05) is 52.0 Å². The summed E-state index contributed by atoms with van der Waals surface area (Å²) in [6.45, 7) is 5.24. The first kappa shape index (κ1) is 28.4. The van der Waals surface area contributed by atoms with Gasteiger partial charge in [0.15, 0.2) is 11.5 Å². The van der Waals surface area contributed by atoms with Gasteiger partial charge in [0.25, 0.3) is 5.91 Å². The third-order valence-corrected chi connectivity index (χ3v) is 5.48. The highest BCUT2D eigenvalue weighted by Crippen LogP contribution is 2.29. The van der Waals surface area contributed by atoms with E-state index < -0.39 is 11.9 Å². The number of carbonyl (C=O) groups excluding carboxylic acids is 2. The van der Waals surface area contributed by atoms with Gasteiger partial charge in [0.1, 0.15) is 11.6 Å². The van der Waals surface area contributed by atoms with Crippen LogP contribution in [0.5, 0.6) is 11.5 Å². The highest BCUT2D eigenvalue weighted by Gasteiger charge is 2.13. The maximum absolute atomic E-state index is 12.7. The molecule has 0 aromatic heterocycles. The Balaban J connectivity index is 2.00. The van der Waals surface area contributed by atoms with Crippen molar-refractivity contribution in [1.82, 2.24) is 0 Å². The second kappa shape index (κ2) is 16.0. The number of hydrogen-bond donors (Lipinski definition) is 1. The van der Waals surface area contributed by atoms with Crippen LogP contribution in [0.25, 0.3) is 6.08 Å². The zero-order valence-corrected chi connectivity index (χ0v) is 21.5. The van der Waals surface area contributed by atoms with Crippen LogP contribution in [0.15, 0.2) is 48.0 Å². The SMILES string of the molecule is CCCCCCOc1ccc(/C=C(\C#N)C(=O)Nc2ccc(C(=O)OCCCCC)cc2)cc1OC. The van der Waals surface area contributed by atoms with Gasteiger partial charge < -0.3 is 19.5 Å². The van der Waals surface area contributed by atoms with Crippen molar-refractivity contribution in [2.75, 3.05) is 25.6 Å². The van der Waals surface area contributed by atoms with E-state index in [1.165, 1.54) is 12.5 Å². The minimum Gasteiger partial charge on any atom is -0.493 e. The number of carbonyl (C=O) groups is 2. The normalized spacial score (nSPS) is 10.9. The zero-order valence-electron chi connectivity index (χ0n) is 21.5. The molecule has 0 unspecified atom stereocenters. The summed E-state index contributed by atoms with van der Waals surface area (Å²) in [7, 11) is 1.55. The summed E-state index contributed by atoms with van der Waals surface area (Å²) in [6.07, 6.45) is 8.82. The fraction of sp³-hybridized carbons (Fsp3) is 0.414. The van der Waals surface area contributed by atoms with Gasteiger partial charge >= 0.3 is 5.97 Å². The molecule has 0 aliphatic rings. The summed E-state index contributed by atoms with van der Waals surface area (Å²) in [6, 6.07) is 13.6. The Kier molecular flexibility index (Phi) is 12.6. The summed E-state index contributed by atoms with van der Waals surface area (Å²) in [5.74, 6) is 0.207. The lowest BCUT2D eigenvalue weighted by molar-refractivity contribution is -0.112. The predicted molar refractivity (Wildman–Crippen MR) is 141 cm³/mol. The molecule has 0 heterocycles. The molecule has 7 nitrogen and oxygen atoms in total. The van der Waals surface area contributed by atoms with E-state index in [1.807, 2.05) is 6.07 Å². The topological polar surface area (TPSA) is 97.7 Å². The number of rotatable bonds is 15. The number of nitrogens with one attached hydrogen (secondary N) is 1. The van der Waals surface area contributed by atoms with Crippen LogP contribution in [-0.2, 0) is 9.53 Å². The molecule has 0 spiro atoms. The van der Waals surface area contributed by atoms with Gasteiger partial charge in [0.05, 0.1) is 25.9 Å². The summed E-state index contributed by atoms with van der Waals surface area (Å²) in [5, 5.41) is 12.2. The van der Waals surface area contributed by atoms with Crippen LogP contribution in [0.4, 0.5) is 5.69 Å². The molecule has 2 aromatic rings. The molecule has 0 fully saturated rings. The van der Waals surface area contributed by atoms with Gasteiger partial charge in [-0.15, -0.1) is 0 Å². The molecule has 0 bridgehead atoms. The molecule has 2 aromatic carbocycles. The van der Waals surface area contributed by atoms with E-state index >= 15 is 0 Å². The van der Waals surface area contributed by atoms with Crippen LogP contribution in [0.2, 0.25) is 0 Å². The predicted octanol–water partition coefficient (Wildman–Crippen LogP) is 6.55. The molecule has 0 radical (unpaired) electrons. The van der Waals surface area contributed by atoms with Crippen LogP contribution >= 0.6 is 0 Å². The molecular weight excluding hydrogens is 456 g/mol. The Morgan fingerprint density at radius 2 is 1.61 bits per heavy atom. The molecule has 1 amide bonds. The van der Waals surface area contributed by atoms with E-state index in [2.05, 4.69) is 19.2 Å². The Bertz CT molecular complexity index is 1050. The number of methoxy groups -OCH3 is 1. The van der Waals surface area contributed by atoms with Gasteiger partial charge in [-0.3, -0.25) is 4.79 Å². The number of nitrogens with zero attached hydrogens (tertiary/aromatic N) is 1. The van der Waals surface area contributed by atoms with Crippen LogP contribution in [0, 0.1) is 11.3 Å². The first-order valence-corrected chi connectivity index (χ1v) is 12.5. The molecule has 0 aliphatic heterocycles. The Hall–Kier alpha value is -3.79. The number of esters is 1. The average molecular weight is 493 g/mol. The largest absolute Gasteiger partial charge is 0.493 e. The van der Waals surface area contributed by atoms with Crippen LogP contribution in [0.3, 0.4) is 0 Å². The minimum absolute atomic E-state index is 0.0651. The average Bonchev–Trinajstić information content (AvgIpc) is 2.90. The van der Waals surface area contributed by atoms with Crippen molar-refractivity contribution in [2.45, 2.75) is 58.8 Å². The van der Waals surface area contributed by atoms with Gasteiger partial charge in [-0.25, -0.2) is 4.79 Å². The lowest BCUT2D eigenvalue weighted by Gasteiger charge is -2.11. The molecule has 36 heavy (non-hydrogen) atoms. The first-order chi connectivity index (χ1) is 17.5. The smallest absolute Gasteiger partial charge is 0.338 e. The third-order valence-electron chi connectivity index (χ3n) is 5.48. The second-order valence-electron chi connectivity index (χ2n) is 8.36. The first-order valence-electron chi connectivity index (χ1n) is 12.5. The summed E-state index contributed by atoms with van der Waals surface area (Å²) < 4.78 is 16.5. The lowest BCUT2D eigenvalue weighted by Crippen LogP contribution is -2.13. The molecular formula is C29H36N2O5. The molecule has 0 saturated carbocycles. The number of ether oxygens (including phenoxy) is 3. The maximum atomic E-state index is 12.7. The molecule has 192 valence electrons. The fourth-order valence-corrected chi connectivity index (χ4v) is 3.41. The van der Waals surface area contributed by atoms with Crippen molar-refractivity contribution >= 4 is 23.6 Å². The highest BCUT2D eigenvalue weighted by atomic mass is 16.5. The van der Waals surface area contributed by atoms with E-state index in [-0.39, 0.29) is 5.57 Å². The molecule has 1 N–H and O–H groups in total. The van der Waals surface area contributed by atoms with E-state index in [0.717, 1.165) is 38.5 Å². The van der Waals surface area contributed by atoms with E-state index in [0.29, 0.717) is 41.5 Å². The van der Waals surface area contributed by atoms with E-state index in [4.69, 9.17) is 14.2 Å². The van der Waals surface area contributed by atoms with Crippen molar-refractivity contribution in [3.8, 4) is 17.6 Å². The molecule has 7 heteroatoms. The van der Waals surface area contributed by atoms with Crippen LogP contribution in [-0.4, -0.2) is 32.2 Å². The quantitative estimate of drug-likeness (QED) is 0.131. The zero-order chi connectivity index (χ0) is 26.2. The van der Waals surface area contributed by atoms with Crippen LogP contribution < -0.4 is 14.8 Å². The summed E-state index contributed by atoms with van der Waals surface area (Å²) in [5.41, 5.74) is 1.44. The third kappa shape index (κ3) is 9.46. The molecule has 0 atom stereocenters. The number of benzene rings is 2. The van der Waals surface area contributed by atoms with E-state index in [9.17, 15) is 14.9 Å². The van der Waals surface area contributed by atoms with Gasteiger partial charge in [-0.05, 0) is 60.9 Å². The Morgan fingerprint density at radius 3 is 2.28 bits per heavy atom. The number of unbranched alkanes of at least 4 members (excludes halogenated alkanes) is 5. The highest BCUT2D eigenvalue weighted by molar-refractivity contribution is 6.09. The summed E-state index contributed by atoms with van der Waals surface area (Å²) in [4.78, 5) is 24.8. The van der Waals surface area contributed by atoms with Crippen molar-refractivity contribution in [1.29, 1.82) is 5.26 Å². The standard InChI is InChI=1S/C29H36N2O5/c1-4-6-8-10-17-35-26-16-11-22(20-27(26)34-3)19-24(21-30)28(32)31-25-14-12-23(13-15-25)29(33)36-18-9-7-5-2/h11-16,19-20H,4-10,17-18H2,1-3H3,(H,31,32)/b24-19+. The van der Waals surface area contributed by atoms with Gasteiger partial charge in [0, 0.05) is 5.69 Å². The van der Waals surface area contributed by atoms with Crippen molar-refractivity contribution in [3.05, 3.63) is 59.2 Å². The monoisotopic (exact) mass is 492 g/mol. The summed E-state index contributed by atoms with van der Waals surface area (Å²) >= 11 is 0. The number of hydrogen-bond acceptors (Lipinski definition) is 6. The molecule has 2 rings (SSSR count). The van der Waals surface area contributed by atoms with Crippen molar-refractivity contribution in [3.63, 3.8) is 0 Å².